The smallest absolute Gasteiger partial charge is 0.231 e. The van der Waals surface area contributed by atoms with Crippen molar-refractivity contribution >= 4 is 5.78 Å². The largest absolute Gasteiger partial charge is 0.489 e. The first-order valence-corrected chi connectivity index (χ1v) is 6.91. The molecule has 0 bridgehead atoms. The van der Waals surface area contributed by atoms with Crippen LogP contribution in [0.15, 0.2) is 42.5 Å². The molecule has 0 aliphatic carbocycles. The van der Waals surface area contributed by atoms with Gasteiger partial charge in [-0.1, -0.05) is 13.0 Å². The molecule has 1 aliphatic heterocycles. The highest BCUT2D eigenvalue weighted by Crippen LogP contribution is 2.32. The summed E-state index contributed by atoms with van der Waals surface area (Å²) >= 11 is 0. The number of carbonyl (C=O) groups excluding carboxylic acids is 1. The van der Waals surface area contributed by atoms with E-state index in [4.69, 9.17) is 14.2 Å². The molecule has 0 amide bonds. The van der Waals surface area contributed by atoms with Gasteiger partial charge in [0.1, 0.15) is 12.4 Å². The molecule has 0 saturated heterocycles. The molecule has 4 nitrogen and oxygen atoms in total. The molecule has 0 aromatic heterocycles. The second kappa shape index (κ2) is 5.87. The minimum atomic E-state index is 0.136. The molecule has 4 heteroatoms. The fraction of sp³-hybridized carbons (Fsp3) is 0.235. The maximum Gasteiger partial charge on any atom is 0.231 e. The van der Waals surface area contributed by atoms with Gasteiger partial charge in [-0.25, -0.2) is 0 Å². The first kappa shape index (κ1) is 13.5. The van der Waals surface area contributed by atoms with Crippen LogP contribution in [0.5, 0.6) is 17.2 Å². The highest BCUT2D eigenvalue weighted by Gasteiger charge is 2.13. The van der Waals surface area contributed by atoms with Crippen molar-refractivity contribution in [1.82, 2.24) is 0 Å². The van der Waals surface area contributed by atoms with E-state index in [9.17, 15) is 4.79 Å². The summed E-state index contributed by atoms with van der Waals surface area (Å²) in [5.74, 6) is 2.39. The third-order valence-electron chi connectivity index (χ3n) is 3.34. The average Bonchev–Trinajstić information content (AvgIpc) is 3.00. The molecule has 2 aromatic rings. The summed E-state index contributed by atoms with van der Waals surface area (Å²) in [5.41, 5.74) is 1.72. The Labute approximate surface area is 123 Å². The van der Waals surface area contributed by atoms with Gasteiger partial charge >= 0.3 is 0 Å². The first-order chi connectivity index (χ1) is 10.3. The van der Waals surface area contributed by atoms with Crippen LogP contribution < -0.4 is 14.2 Å². The number of ether oxygens (including phenoxy) is 3. The van der Waals surface area contributed by atoms with Crippen molar-refractivity contribution in [3.8, 4) is 17.2 Å². The van der Waals surface area contributed by atoms with Gasteiger partial charge in [-0.2, -0.15) is 0 Å². The van der Waals surface area contributed by atoms with E-state index in [1.807, 2.05) is 37.3 Å². The number of carbonyl (C=O) groups is 1. The fourth-order valence-corrected chi connectivity index (χ4v) is 2.14. The van der Waals surface area contributed by atoms with Gasteiger partial charge in [0.05, 0.1) is 0 Å². The van der Waals surface area contributed by atoms with Crippen molar-refractivity contribution in [2.75, 3.05) is 6.79 Å². The third-order valence-corrected chi connectivity index (χ3v) is 3.34. The molecule has 0 spiro atoms. The summed E-state index contributed by atoms with van der Waals surface area (Å²) in [4.78, 5) is 11.5. The van der Waals surface area contributed by atoms with Crippen molar-refractivity contribution in [3.05, 3.63) is 53.6 Å². The average molecular weight is 284 g/mol. The van der Waals surface area contributed by atoms with E-state index in [0.717, 1.165) is 22.8 Å². The quantitative estimate of drug-likeness (QED) is 0.787. The van der Waals surface area contributed by atoms with Crippen LogP contribution in [0.3, 0.4) is 0 Å². The molecule has 0 unspecified atom stereocenters. The Morgan fingerprint density at radius 1 is 1.10 bits per heavy atom. The Morgan fingerprint density at radius 3 is 2.62 bits per heavy atom. The lowest BCUT2D eigenvalue weighted by molar-refractivity contribution is 0.0988. The highest BCUT2D eigenvalue weighted by atomic mass is 16.7. The van der Waals surface area contributed by atoms with Crippen LogP contribution in [-0.2, 0) is 6.61 Å². The van der Waals surface area contributed by atoms with Crippen molar-refractivity contribution in [2.24, 2.45) is 0 Å². The summed E-state index contributed by atoms with van der Waals surface area (Å²) < 4.78 is 16.3. The van der Waals surface area contributed by atoms with Crippen LogP contribution in [0, 0.1) is 0 Å². The summed E-state index contributed by atoms with van der Waals surface area (Å²) in [6.45, 7) is 2.57. The van der Waals surface area contributed by atoms with Gasteiger partial charge in [-0.05, 0) is 42.0 Å². The third kappa shape index (κ3) is 2.99. The molecule has 1 heterocycles. The number of Topliss-reactive ketones (excluding diaryl/α,β-unsaturated/α-hetero) is 1. The van der Waals surface area contributed by atoms with Crippen LogP contribution >= 0.6 is 0 Å². The van der Waals surface area contributed by atoms with Gasteiger partial charge in [0.25, 0.3) is 0 Å². The predicted octanol–water partition coefficient (Wildman–Crippen LogP) is 3.59. The summed E-state index contributed by atoms with van der Waals surface area (Å²) in [6.07, 6.45) is 0.511. The van der Waals surface area contributed by atoms with Gasteiger partial charge in [0.2, 0.25) is 6.79 Å². The molecule has 2 aromatic carbocycles. The van der Waals surface area contributed by atoms with Crippen LogP contribution in [0.4, 0.5) is 0 Å². The van der Waals surface area contributed by atoms with Crippen LogP contribution in [0.2, 0.25) is 0 Å². The Kier molecular flexibility index (Phi) is 3.77. The summed E-state index contributed by atoms with van der Waals surface area (Å²) in [7, 11) is 0. The van der Waals surface area contributed by atoms with E-state index in [2.05, 4.69) is 0 Å². The Balaban J connectivity index is 1.63. The summed E-state index contributed by atoms with van der Waals surface area (Å²) in [6, 6.07) is 13.0. The topological polar surface area (TPSA) is 44.8 Å². The molecule has 0 fully saturated rings. The Hall–Kier alpha value is -2.49. The maximum absolute atomic E-state index is 11.5. The van der Waals surface area contributed by atoms with Gasteiger partial charge in [-0.3, -0.25) is 4.79 Å². The van der Waals surface area contributed by atoms with E-state index in [-0.39, 0.29) is 12.6 Å². The minimum Gasteiger partial charge on any atom is -0.489 e. The Morgan fingerprint density at radius 2 is 1.86 bits per heavy atom. The number of fused-ring (bicyclic) bond motifs is 1. The van der Waals surface area contributed by atoms with Gasteiger partial charge < -0.3 is 14.2 Å². The molecule has 3 rings (SSSR count). The zero-order chi connectivity index (χ0) is 14.7. The molecule has 0 N–H and O–H groups in total. The van der Waals surface area contributed by atoms with Crippen LogP contribution in [-0.4, -0.2) is 12.6 Å². The number of benzene rings is 2. The molecule has 108 valence electrons. The van der Waals surface area contributed by atoms with E-state index >= 15 is 0 Å². The first-order valence-electron chi connectivity index (χ1n) is 6.91. The lowest BCUT2D eigenvalue weighted by Crippen LogP contribution is -1.98. The normalized spacial score (nSPS) is 12.2. The standard InChI is InChI=1S/C17H16O4/c1-2-15(18)13-4-6-14(7-5-13)19-10-12-3-8-16-17(9-12)21-11-20-16/h3-9H,2,10-11H2,1H3. The number of rotatable bonds is 5. The predicted molar refractivity (Wildman–Crippen MR) is 78.0 cm³/mol. The maximum atomic E-state index is 11.5. The fourth-order valence-electron chi connectivity index (χ4n) is 2.14. The van der Waals surface area contributed by atoms with Crippen molar-refractivity contribution < 1.29 is 19.0 Å². The molecular weight excluding hydrogens is 268 g/mol. The van der Waals surface area contributed by atoms with Crippen molar-refractivity contribution in [1.29, 1.82) is 0 Å². The minimum absolute atomic E-state index is 0.136. The molecule has 21 heavy (non-hydrogen) atoms. The van der Waals surface area contributed by atoms with E-state index in [1.54, 1.807) is 12.1 Å². The van der Waals surface area contributed by atoms with E-state index in [0.29, 0.717) is 18.6 Å². The molecule has 1 aliphatic rings. The van der Waals surface area contributed by atoms with E-state index < -0.39 is 0 Å². The summed E-state index contributed by atoms with van der Waals surface area (Å²) in [5, 5.41) is 0. The lowest BCUT2D eigenvalue weighted by Gasteiger charge is -2.07. The van der Waals surface area contributed by atoms with Crippen LogP contribution in [0.1, 0.15) is 29.3 Å². The molecule has 0 saturated carbocycles. The van der Waals surface area contributed by atoms with Gasteiger partial charge in [-0.15, -0.1) is 0 Å². The molecule has 0 atom stereocenters. The highest BCUT2D eigenvalue weighted by molar-refractivity contribution is 5.95. The SMILES string of the molecule is CCC(=O)c1ccc(OCc2ccc3c(c2)OCO3)cc1. The zero-order valence-corrected chi connectivity index (χ0v) is 11.8. The van der Waals surface area contributed by atoms with Gasteiger partial charge in [0.15, 0.2) is 17.3 Å². The zero-order valence-electron chi connectivity index (χ0n) is 11.8. The number of ketones is 1. The second-order valence-corrected chi connectivity index (χ2v) is 4.78. The number of hydrogen-bond donors (Lipinski definition) is 0. The monoisotopic (exact) mass is 284 g/mol. The molecule has 0 radical (unpaired) electrons. The number of hydrogen-bond acceptors (Lipinski definition) is 4. The Bertz CT molecular complexity index is 646. The van der Waals surface area contributed by atoms with E-state index in [1.165, 1.54) is 0 Å². The van der Waals surface area contributed by atoms with Crippen molar-refractivity contribution in [3.63, 3.8) is 0 Å². The lowest BCUT2D eigenvalue weighted by atomic mass is 10.1. The second-order valence-electron chi connectivity index (χ2n) is 4.78. The van der Waals surface area contributed by atoms with Crippen molar-refractivity contribution in [2.45, 2.75) is 20.0 Å². The van der Waals surface area contributed by atoms with Crippen LogP contribution in [0.25, 0.3) is 0 Å². The van der Waals surface area contributed by atoms with Gasteiger partial charge in [0, 0.05) is 12.0 Å². The molecular formula is C17H16O4.